The summed E-state index contributed by atoms with van der Waals surface area (Å²) in [6, 6.07) is 9.52. The number of hydrogen-bond donors (Lipinski definition) is 0. The monoisotopic (exact) mass is 259 g/mol. The predicted octanol–water partition coefficient (Wildman–Crippen LogP) is 2.73. The number of para-hydroxylation sites is 1. The first-order chi connectivity index (χ1) is 9.36. The average Bonchev–Trinajstić information content (AvgIpc) is 3.08. The zero-order valence-corrected chi connectivity index (χ0v) is 11.3. The van der Waals surface area contributed by atoms with Crippen LogP contribution in [0, 0.1) is 0 Å². The molecule has 2 aliphatic heterocycles. The first-order valence-corrected chi connectivity index (χ1v) is 7.49. The molecule has 3 nitrogen and oxygen atoms in total. The van der Waals surface area contributed by atoms with Gasteiger partial charge in [-0.15, -0.1) is 0 Å². The number of hydrogen-bond acceptors (Lipinski definition) is 3. The van der Waals surface area contributed by atoms with Gasteiger partial charge in [-0.05, 0) is 30.9 Å². The topological polar surface area (TPSA) is 21.7 Å². The molecular weight excluding hydrogens is 238 g/mol. The summed E-state index contributed by atoms with van der Waals surface area (Å²) in [5, 5.41) is 0. The highest BCUT2D eigenvalue weighted by molar-refractivity contribution is 5.58. The fourth-order valence-electron chi connectivity index (χ4n) is 3.88. The van der Waals surface area contributed by atoms with Crippen molar-refractivity contribution in [1.29, 1.82) is 0 Å². The van der Waals surface area contributed by atoms with Gasteiger partial charge in [-0.2, -0.15) is 0 Å². The van der Waals surface area contributed by atoms with E-state index in [4.69, 9.17) is 9.47 Å². The van der Waals surface area contributed by atoms with Crippen molar-refractivity contribution in [1.82, 2.24) is 0 Å². The van der Waals surface area contributed by atoms with Gasteiger partial charge in [-0.25, -0.2) is 0 Å². The third-order valence-electron chi connectivity index (χ3n) is 4.89. The maximum atomic E-state index is 5.82. The van der Waals surface area contributed by atoms with Gasteiger partial charge in [-0.1, -0.05) is 18.2 Å². The minimum atomic E-state index is -0.226. The van der Waals surface area contributed by atoms with Gasteiger partial charge >= 0.3 is 0 Å². The molecule has 1 saturated heterocycles. The lowest BCUT2D eigenvalue weighted by atomic mass is 9.89. The van der Waals surface area contributed by atoms with E-state index in [0.717, 1.165) is 26.1 Å². The molecule has 4 rings (SSSR count). The first kappa shape index (κ1) is 11.7. The van der Waals surface area contributed by atoms with Crippen LogP contribution in [0.3, 0.4) is 0 Å². The van der Waals surface area contributed by atoms with Gasteiger partial charge in [0.1, 0.15) is 0 Å². The van der Waals surface area contributed by atoms with Crippen molar-refractivity contribution in [2.24, 2.45) is 0 Å². The maximum absolute atomic E-state index is 5.82. The lowest BCUT2D eigenvalue weighted by Crippen LogP contribution is -2.43. The van der Waals surface area contributed by atoms with Crippen LogP contribution in [-0.2, 0) is 15.9 Å². The Bertz CT molecular complexity index is 458. The van der Waals surface area contributed by atoms with E-state index in [1.807, 2.05) is 0 Å². The Hall–Kier alpha value is -1.06. The van der Waals surface area contributed by atoms with Crippen molar-refractivity contribution in [3.05, 3.63) is 29.8 Å². The Morgan fingerprint density at radius 3 is 2.58 bits per heavy atom. The molecule has 3 aliphatic rings. The molecule has 3 heteroatoms. The summed E-state index contributed by atoms with van der Waals surface area (Å²) in [5.41, 5.74) is 2.97. The summed E-state index contributed by atoms with van der Waals surface area (Å²) in [6.45, 7) is 2.73. The summed E-state index contributed by atoms with van der Waals surface area (Å²) in [5.74, 6) is -0.226. The molecule has 1 saturated carbocycles. The summed E-state index contributed by atoms with van der Waals surface area (Å²) < 4.78 is 11.6. The number of ether oxygens (including phenoxy) is 2. The van der Waals surface area contributed by atoms with E-state index >= 15 is 0 Å². The fourth-order valence-corrected chi connectivity index (χ4v) is 3.88. The molecule has 1 aromatic carbocycles. The molecule has 0 bridgehead atoms. The number of anilines is 1. The van der Waals surface area contributed by atoms with Crippen molar-refractivity contribution < 1.29 is 9.47 Å². The van der Waals surface area contributed by atoms with Gasteiger partial charge in [0.25, 0.3) is 0 Å². The van der Waals surface area contributed by atoms with Crippen LogP contribution in [0.4, 0.5) is 5.69 Å². The van der Waals surface area contributed by atoms with Crippen LogP contribution < -0.4 is 4.90 Å². The predicted molar refractivity (Wildman–Crippen MR) is 74.4 cm³/mol. The smallest absolute Gasteiger partial charge is 0.168 e. The molecule has 1 aliphatic carbocycles. The van der Waals surface area contributed by atoms with Crippen LogP contribution in [0.2, 0.25) is 0 Å². The van der Waals surface area contributed by atoms with Crippen molar-refractivity contribution >= 4 is 5.69 Å². The molecule has 0 radical (unpaired) electrons. The highest BCUT2D eigenvalue weighted by Gasteiger charge is 2.42. The minimum Gasteiger partial charge on any atom is -0.368 e. The van der Waals surface area contributed by atoms with Gasteiger partial charge in [-0.3, -0.25) is 0 Å². The second-order valence-corrected chi connectivity index (χ2v) is 5.91. The number of nitrogens with zero attached hydrogens (tertiary/aromatic N) is 1. The molecule has 0 atom stereocenters. The van der Waals surface area contributed by atoms with Crippen molar-refractivity contribution in [2.45, 2.75) is 43.9 Å². The van der Waals surface area contributed by atoms with Crippen LogP contribution in [0.15, 0.2) is 24.3 Å². The largest absolute Gasteiger partial charge is 0.368 e. The van der Waals surface area contributed by atoms with Gasteiger partial charge < -0.3 is 14.4 Å². The van der Waals surface area contributed by atoms with Crippen LogP contribution in [0.5, 0.6) is 0 Å². The highest BCUT2D eigenvalue weighted by Crippen LogP contribution is 2.40. The van der Waals surface area contributed by atoms with Crippen molar-refractivity contribution in [3.63, 3.8) is 0 Å². The van der Waals surface area contributed by atoms with Gasteiger partial charge in [0.2, 0.25) is 0 Å². The van der Waals surface area contributed by atoms with Crippen molar-refractivity contribution in [3.8, 4) is 0 Å². The third-order valence-corrected chi connectivity index (χ3v) is 4.89. The van der Waals surface area contributed by atoms with Gasteiger partial charge in [0.15, 0.2) is 5.79 Å². The van der Waals surface area contributed by atoms with Crippen LogP contribution >= 0.6 is 0 Å². The zero-order valence-electron chi connectivity index (χ0n) is 11.3. The Morgan fingerprint density at radius 1 is 1.05 bits per heavy atom. The Morgan fingerprint density at radius 2 is 1.79 bits per heavy atom. The van der Waals surface area contributed by atoms with E-state index in [9.17, 15) is 0 Å². The van der Waals surface area contributed by atoms with E-state index in [1.54, 1.807) is 0 Å². The zero-order chi connectivity index (χ0) is 12.7. The molecule has 0 aromatic heterocycles. The Balaban J connectivity index is 1.48. The molecular formula is C16H21NO2. The van der Waals surface area contributed by atoms with E-state index < -0.39 is 0 Å². The number of fused-ring (bicyclic) bond motifs is 1. The number of rotatable bonds is 1. The Labute approximate surface area is 114 Å². The van der Waals surface area contributed by atoms with Gasteiger partial charge in [0, 0.05) is 31.1 Å². The summed E-state index contributed by atoms with van der Waals surface area (Å²) in [4.78, 5) is 2.61. The first-order valence-electron chi connectivity index (χ1n) is 7.49. The SMILES string of the molecule is c1ccc2c(c1)CCN2C1CCC2(CC1)OCCO2. The molecule has 102 valence electrons. The molecule has 19 heavy (non-hydrogen) atoms. The van der Waals surface area contributed by atoms with E-state index in [0.29, 0.717) is 6.04 Å². The lowest BCUT2D eigenvalue weighted by Gasteiger charge is -2.40. The molecule has 0 unspecified atom stereocenters. The summed E-state index contributed by atoms with van der Waals surface area (Å²) in [7, 11) is 0. The highest BCUT2D eigenvalue weighted by atomic mass is 16.7. The maximum Gasteiger partial charge on any atom is 0.168 e. The second-order valence-electron chi connectivity index (χ2n) is 5.91. The summed E-state index contributed by atoms with van der Waals surface area (Å²) in [6.07, 6.45) is 5.68. The molecule has 0 N–H and O–H groups in total. The quantitative estimate of drug-likeness (QED) is 0.774. The van der Waals surface area contributed by atoms with Crippen LogP contribution in [0.1, 0.15) is 31.2 Å². The van der Waals surface area contributed by atoms with Crippen LogP contribution in [0.25, 0.3) is 0 Å². The summed E-state index contributed by atoms with van der Waals surface area (Å²) >= 11 is 0. The van der Waals surface area contributed by atoms with Crippen molar-refractivity contribution in [2.75, 3.05) is 24.7 Å². The van der Waals surface area contributed by atoms with E-state index in [1.165, 1.54) is 37.1 Å². The molecule has 2 fully saturated rings. The molecule has 0 amide bonds. The molecule has 1 spiro atoms. The lowest BCUT2D eigenvalue weighted by molar-refractivity contribution is -0.178. The minimum absolute atomic E-state index is 0.226. The molecule has 1 aromatic rings. The average molecular weight is 259 g/mol. The fraction of sp³-hybridized carbons (Fsp3) is 0.625. The van der Waals surface area contributed by atoms with Crippen LogP contribution in [-0.4, -0.2) is 31.6 Å². The van der Waals surface area contributed by atoms with E-state index in [-0.39, 0.29) is 5.79 Å². The molecule has 2 heterocycles. The normalized spacial score (nSPS) is 26.0. The Kier molecular flexibility index (Phi) is 2.78. The van der Waals surface area contributed by atoms with E-state index in [2.05, 4.69) is 29.2 Å². The van der Waals surface area contributed by atoms with Gasteiger partial charge in [0.05, 0.1) is 13.2 Å². The second kappa shape index (κ2) is 4.50. The standard InChI is InChI=1S/C16H21NO2/c1-2-4-15-13(3-1)7-10-17(15)14-5-8-16(9-6-14)18-11-12-19-16/h1-4,14H,5-12H2. The third kappa shape index (κ3) is 1.96. The number of benzene rings is 1.